The van der Waals surface area contributed by atoms with Gasteiger partial charge in [0.15, 0.2) is 12.2 Å². The van der Waals surface area contributed by atoms with Gasteiger partial charge in [0.05, 0.1) is 26.4 Å². The molecule has 109 heavy (non-hydrogen) atoms. The molecule has 0 aromatic heterocycles. The lowest BCUT2D eigenvalue weighted by atomic mass is 9.99. The van der Waals surface area contributed by atoms with Gasteiger partial charge in [-0.2, -0.15) is 0 Å². The minimum Gasteiger partial charge on any atom is -0.462 e. The van der Waals surface area contributed by atoms with Crippen molar-refractivity contribution < 1.29 is 80.2 Å². The third-order valence-corrected chi connectivity index (χ3v) is 23.5. The van der Waals surface area contributed by atoms with Crippen molar-refractivity contribution in [3.63, 3.8) is 0 Å². The van der Waals surface area contributed by atoms with E-state index in [1.54, 1.807) is 0 Å². The summed E-state index contributed by atoms with van der Waals surface area (Å²) in [6, 6.07) is 0. The summed E-state index contributed by atoms with van der Waals surface area (Å²) in [5, 5.41) is 10.7. The number of aliphatic hydroxyl groups excluding tert-OH is 1. The van der Waals surface area contributed by atoms with Crippen LogP contribution in [0, 0.1) is 5.92 Å². The van der Waals surface area contributed by atoms with E-state index in [-0.39, 0.29) is 25.7 Å². The van der Waals surface area contributed by atoms with E-state index in [1.807, 2.05) is 0 Å². The summed E-state index contributed by atoms with van der Waals surface area (Å²) >= 11 is 0. The van der Waals surface area contributed by atoms with Crippen molar-refractivity contribution in [3.05, 3.63) is 0 Å². The molecule has 0 spiro atoms. The van der Waals surface area contributed by atoms with Gasteiger partial charge < -0.3 is 33.8 Å². The van der Waals surface area contributed by atoms with Crippen LogP contribution in [0.25, 0.3) is 0 Å². The predicted octanol–water partition coefficient (Wildman–Crippen LogP) is 27.9. The molecule has 0 aliphatic heterocycles. The minimum atomic E-state index is -4.97. The Balaban J connectivity index is 5.25. The van der Waals surface area contributed by atoms with Gasteiger partial charge >= 0.3 is 39.5 Å². The van der Waals surface area contributed by atoms with Crippen LogP contribution in [0.1, 0.15) is 490 Å². The Bertz CT molecular complexity index is 2070. The van der Waals surface area contributed by atoms with Crippen molar-refractivity contribution >= 4 is 39.5 Å². The second kappa shape index (κ2) is 82.6. The van der Waals surface area contributed by atoms with Gasteiger partial charge in [-0.3, -0.25) is 37.3 Å². The number of carbonyl (C=O) groups is 4. The lowest BCUT2D eigenvalue weighted by molar-refractivity contribution is -0.161. The Hall–Kier alpha value is -1.94. The molecule has 0 aromatic carbocycles. The molecule has 0 fully saturated rings. The van der Waals surface area contributed by atoms with Gasteiger partial charge in [0, 0.05) is 25.7 Å². The van der Waals surface area contributed by atoms with Crippen molar-refractivity contribution in [2.75, 3.05) is 39.6 Å². The van der Waals surface area contributed by atoms with Crippen molar-refractivity contribution in [1.82, 2.24) is 0 Å². The molecule has 3 unspecified atom stereocenters. The maximum atomic E-state index is 13.2. The fourth-order valence-corrected chi connectivity index (χ4v) is 15.7. The molecule has 3 N–H and O–H groups in total. The van der Waals surface area contributed by atoms with E-state index in [9.17, 15) is 43.2 Å². The fourth-order valence-electron chi connectivity index (χ4n) is 14.1. The first-order valence-electron chi connectivity index (χ1n) is 46.7. The van der Waals surface area contributed by atoms with Crippen LogP contribution in [-0.2, 0) is 65.4 Å². The Morgan fingerprint density at radius 3 is 0.651 bits per heavy atom. The molecule has 6 atom stereocenters. The zero-order valence-electron chi connectivity index (χ0n) is 71.7. The summed E-state index contributed by atoms with van der Waals surface area (Å²) < 4.78 is 69.1. The van der Waals surface area contributed by atoms with E-state index in [2.05, 4.69) is 34.6 Å². The van der Waals surface area contributed by atoms with Gasteiger partial charge in [0.1, 0.15) is 19.3 Å². The summed E-state index contributed by atoms with van der Waals surface area (Å²) in [5.41, 5.74) is 0. The third-order valence-electron chi connectivity index (χ3n) is 21.6. The van der Waals surface area contributed by atoms with E-state index in [4.69, 9.17) is 37.0 Å². The zero-order chi connectivity index (χ0) is 79.7. The molecule has 0 saturated carbocycles. The maximum Gasteiger partial charge on any atom is 0.472 e. The van der Waals surface area contributed by atoms with Gasteiger partial charge in [-0.1, -0.05) is 439 Å². The molecule has 19 heteroatoms. The second-order valence-corrected chi connectivity index (χ2v) is 35.5. The standard InChI is InChI=1S/C90H176O17P2/c1-6-10-13-16-19-22-25-28-30-34-39-44-49-54-59-64-69-74-88(93)101-80-86(107-90(95)76-71-66-61-56-51-46-41-37-33-32-36-38-43-47-52-57-62-67-72-83(5)9-4)82-105-109(98,99)103-78-84(91)77-102-108(96,97)104-81-85(79-100-87(92)73-68-63-58-53-48-42-27-24-21-18-15-12-8-3)106-89(94)75-70-65-60-55-50-45-40-35-31-29-26-23-20-17-14-11-7-2/h83-86,91H,6-82H2,1-5H3,(H,96,97)(H,98,99)/t83?,84-,85+,86+/m0/s1. The summed E-state index contributed by atoms with van der Waals surface area (Å²) in [5.74, 6) is -1.22. The molecule has 0 saturated heterocycles. The highest BCUT2D eigenvalue weighted by Crippen LogP contribution is 2.45. The molecular formula is C90H176O17P2. The summed E-state index contributed by atoms with van der Waals surface area (Å²) in [4.78, 5) is 73.4. The number of rotatable bonds is 90. The number of ether oxygens (including phenoxy) is 4. The Labute approximate surface area is 670 Å². The van der Waals surface area contributed by atoms with Crippen molar-refractivity contribution in [1.29, 1.82) is 0 Å². The lowest BCUT2D eigenvalue weighted by Gasteiger charge is -2.21. The first-order chi connectivity index (χ1) is 53.1. The normalized spacial score (nSPS) is 13.9. The molecule has 17 nitrogen and oxygen atoms in total. The van der Waals surface area contributed by atoms with E-state index < -0.39 is 97.5 Å². The number of unbranched alkanes of at least 4 members (excludes halogenated alkanes) is 61. The number of hydrogen-bond donors (Lipinski definition) is 3. The number of phosphoric acid groups is 2. The molecule has 0 amide bonds. The molecule has 648 valence electrons. The summed E-state index contributed by atoms with van der Waals surface area (Å²) in [7, 11) is -9.93. The number of hydrogen-bond acceptors (Lipinski definition) is 15. The van der Waals surface area contributed by atoms with E-state index in [1.165, 1.54) is 315 Å². The molecule has 0 aliphatic carbocycles. The summed E-state index contributed by atoms with van der Waals surface area (Å²) in [6.45, 7) is 7.47. The second-order valence-electron chi connectivity index (χ2n) is 32.6. The monoisotopic (exact) mass is 1590 g/mol. The van der Waals surface area contributed by atoms with Crippen LogP contribution in [-0.4, -0.2) is 96.7 Å². The van der Waals surface area contributed by atoms with E-state index >= 15 is 0 Å². The van der Waals surface area contributed by atoms with Gasteiger partial charge in [-0.05, 0) is 31.6 Å². The predicted molar refractivity (Wildman–Crippen MR) is 451 cm³/mol. The highest BCUT2D eigenvalue weighted by atomic mass is 31.2. The first kappa shape index (κ1) is 107. The highest BCUT2D eigenvalue weighted by molar-refractivity contribution is 7.47. The van der Waals surface area contributed by atoms with Crippen molar-refractivity contribution in [2.24, 2.45) is 5.92 Å². The van der Waals surface area contributed by atoms with Crippen LogP contribution in [0.5, 0.6) is 0 Å². The average molecular weight is 1590 g/mol. The average Bonchev–Trinajstić information content (AvgIpc) is 0.899. The van der Waals surface area contributed by atoms with Gasteiger partial charge in [0.25, 0.3) is 0 Å². The molecule has 0 rings (SSSR count). The van der Waals surface area contributed by atoms with Gasteiger partial charge in [-0.15, -0.1) is 0 Å². The molecule has 0 bridgehead atoms. The Morgan fingerprint density at radius 1 is 0.257 bits per heavy atom. The lowest BCUT2D eigenvalue weighted by Crippen LogP contribution is -2.30. The van der Waals surface area contributed by atoms with Crippen LogP contribution in [0.2, 0.25) is 0 Å². The molecule has 0 aromatic rings. The van der Waals surface area contributed by atoms with Crippen LogP contribution >= 0.6 is 15.6 Å². The largest absolute Gasteiger partial charge is 0.472 e. The topological polar surface area (TPSA) is 237 Å². The molecule has 0 heterocycles. The first-order valence-corrected chi connectivity index (χ1v) is 49.7. The van der Waals surface area contributed by atoms with Crippen LogP contribution in [0.15, 0.2) is 0 Å². The number of phosphoric ester groups is 2. The van der Waals surface area contributed by atoms with E-state index in [0.717, 1.165) is 95.8 Å². The van der Waals surface area contributed by atoms with Gasteiger partial charge in [-0.25, -0.2) is 9.13 Å². The van der Waals surface area contributed by atoms with E-state index in [0.29, 0.717) is 25.7 Å². The van der Waals surface area contributed by atoms with Crippen molar-refractivity contribution in [3.8, 4) is 0 Å². The quantitative estimate of drug-likeness (QED) is 0.0222. The Morgan fingerprint density at radius 2 is 0.440 bits per heavy atom. The summed E-state index contributed by atoms with van der Waals surface area (Å²) in [6.07, 6.45) is 77.6. The maximum absolute atomic E-state index is 13.2. The van der Waals surface area contributed by atoms with Gasteiger partial charge in [0.2, 0.25) is 0 Å². The van der Waals surface area contributed by atoms with Crippen molar-refractivity contribution in [2.45, 2.75) is 509 Å². The highest BCUT2D eigenvalue weighted by Gasteiger charge is 2.31. The van der Waals surface area contributed by atoms with Crippen LogP contribution < -0.4 is 0 Å². The molecule has 0 radical (unpaired) electrons. The zero-order valence-corrected chi connectivity index (χ0v) is 73.5. The SMILES string of the molecule is CCCCCCCCCCCCCCCCCCCC(=O)OC[C@H](COP(=O)(O)OC[C@@H](O)COP(=O)(O)OC[C@@H](COC(=O)CCCCCCCCCCCCCCC)OC(=O)CCCCCCCCCCCCCCCCCCC)OC(=O)CCCCCCCCCCCCCCCCCCCCC(C)CC. The smallest absolute Gasteiger partial charge is 0.462 e. The molecular weight excluding hydrogens is 1410 g/mol. The third kappa shape index (κ3) is 82.4. The number of aliphatic hydroxyl groups is 1. The van der Waals surface area contributed by atoms with Crippen LogP contribution in [0.3, 0.4) is 0 Å². The molecule has 0 aliphatic rings. The van der Waals surface area contributed by atoms with Crippen LogP contribution in [0.4, 0.5) is 0 Å². The fraction of sp³-hybridized carbons (Fsp3) is 0.956. The number of carbonyl (C=O) groups excluding carboxylic acids is 4. The Kier molecular flexibility index (Phi) is 81.1. The minimum absolute atomic E-state index is 0.109. The number of esters is 4.